The molecule has 3 heterocycles. The topological polar surface area (TPSA) is 77.3 Å². The molecule has 2 aliphatic heterocycles. The van der Waals surface area contributed by atoms with E-state index in [9.17, 15) is 0 Å². The summed E-state index contributed by atoms with van der Waals surface area (Å²) >= 11 is 6.09. The minimum Gasteiger partial charge on any atom is -0.368 e. The van der Waals surface area contributed by atoms with Gasteiger partial charge in [0.1, 0.15) is 0 Å². The Morgan fingerprint density at radius 1 is 1.17 bits per heavy atom. The lowest BCUT2D eigenvalue weighted by atomic mass is 9.94. The minimum atomic E-state index is 0.384. The predicted octanol–water partition coefficient (Wildman–Crippen LogP) is 2.65. The average Bonchev–Trinajstić information content (AvgIpc) is 3.17. The quantitative estimate of drug-likeness (QED) is 0.778. The molecule has 0 radical (unpaired) electrons. The summed E-state index contributed by atoms with van der Waals surface area (Å²) in [6.07, 6.45) is 3.33. The van der Waals surface area contributed by atoms with Gasteiger partial charge in [-0.05, 0) is 50.4 Å². The minimum absolute atomic E-state index is 0.384. The van der Waals surface area contributed by atoms with Gasteiger partial charge in [-0.2, -0.15) is 4.98 Å². The number of hydrogen-bond acceptors (Lipinski definition) is 6. The number of nitrogens with two attached hydrogens (primary N) is 1. The summed E-state index contributed by atoms with van der Waals surface area (Å²) in [4.78, 5) is 11.9. The van der Waals surface area contributed by atoms with E-state index in [2.05, 4.69) is 55.9 Å². The van der Waals surface area contributed by atoms with E-state index < -0.39 is 0 Å². The smallest absolute Gasteiger partial charge is 0.246 e. The van der Waals surface area contributed by atoms with Crippen molar-refractivity contribution in [2.24, 2.45) is 0 Å². The highest BCUT2D eigenvalue weighted by molar-refractivity contribution is 6.30. The largest absolute Gasteiger partial charge is 0.368 e. The first kappa shape index (κ1) is 20.4. The van der Waals surface area contributed by atoms with E-state index in [1.807, 2.05) is 12.1 Å². The van der Waals surface area contributed by atoms with Gasteiger partial charge in [0, 0.05) is 49.3 Å². The maximum Gasteiger partial charge on any atom is 0.246 e. The second kappa shape index (κ2) is 8.90. The molecule has 0 saturated carbocycles. The second-order valence-electron chi connectivity index (χ2n) is 8.36. The van der Waals surface area contributed by atoms with Gasteiger partial charge < -0.3 is 10.6 Å². The van der Waals surface area contributed by atoms with Crippen LogP contribution in [0.2, 0.25) is 5.02 Å². The zero-order valence-electron chi connectivity index (χ0n) is 17.4. The highest BCUT2D eigenvalue weighted by Gasteiger charge is 2.36. The van der Waals surface area contributed by atoms with E-state index in [0.29, 0.717) is 24.1 Å². The fourth-order valence-corrected chi connectivity index (χ4v) is 5.02. The van der Waals surface area contributed by atoms with Crippen molar-refractivity contribution in [1.82, 2.24) is 25.0 Å². The van der Waals surface area contributed by atoms with Crippen LogP contribution < -0.4 is 10.6 Å². The zero-order chi connectivity index (χ0) is 20.4. The molecular weight excluding hydrogens is 386 g/mol. The molecule has 0 aliphatic carbocycles. The predicted molar refractivity (Wildman–Crippen MR) is 118 cm³/mol. The van der Waals surface area contributed by atoms with Crippen LogP contribution in [0.5, 0.6) is 0 Å². The highest BCUT2D eigenvalue weighted by Crippen LogP contribution is 2.27. The number of nitrogen functional groups attached to an aromatic ring is 1. The summed E-state index contributed by atoms with van der Waals surface area (Å²) in [5.74, 6) is 1.11. The summed E-state index contributed by atoms with van der Waals surface area (Å²) in [6.45, 7) is 9.93. The SMILES string of the molecule is CCN1CC(Cc2ccc(Cl)cc2)N(C2CCN(c3n[nH]c(N)n3)CC2)CC1C. The zero-order valence-corrected chi connectivity index (χ0v) is 18.1. The van der Waals surface area contributed by atoms with E-state index >= 15 is 0 Å². The van der Waals surface area contributed by atoms with Gasteiger partial charge in [0.2, 0.25) is 11.9 Å². The standard InChI is InChI=1S/C21H32ClN7/c1-3-27-14-19(12-16-4-6-17(22)7-5-16)29(13-15(27)2)18-8-10-28(11-9-18)21-24-20(23)25-26-21/h4-7,15,18-19H,3,8-14H2,1-2H3,(H3,23,24,25,26). The fraction of sp³-hybridized carbons (Fsp3) is 0.619. The molecule has 2 unspecified atom stereocenters. The van der Waals surface area contributed by atoms with E-state index in [1.165, 1.54) is 5.56 Å². The summed E-state index contributed by atoms with van der Waals surface area (Å²) in [5.41, 5.74) is 7.06. The molecular formula is C21H32ClN7. The molecule has 2 atom stereocenters. The van der Waals surface area contributed by atoms with Gasteiger partial charge in [0.25, 0.3) is 0 Å². The van der Waals surface area contributed by atoms with Gasteiger partial charge in [0.05, 0.1) is 0 Å². The molecule has 158 valence electrons. The molecule has 3 N–H and O–H groups in total. The molecule has 29 heavy (non-hydrogen) atoms. The number of piperazine rings is 1. The van der Waals surface area contributed by atoms with Crippen LogP contribution >= 0.6 is 11.6 Å². The Bertz CT molecular complexity index is 785. The van der Waals surface area contributed by atoms with Crippen LogP contribution in [0.1, 0.15) is 32.3 Å². The van der Waals surface area contributed by atoms with E-state index in [1.54, 1.807) is 0 Å². The Morgan fingerprint density at radius 2 is 1.90 bits per heavy atom. The number of nitrogens with one attached hydrogen (secondary N) is 1. The third-order valence-electron chi connectivity index (χ3n) is 6.51. The summed E-state index contributed by atoms with van der Waals surface area (Å²) < 4.78 is 0. The van der Waals surface area contributed by atoms with Crippen molar-refractivity contribution >= 4 is 23.5 Å². The Balaban J connectivity index is 1.45. The van der Waals surface area contributed by atoms with Crippen LogP contribution in [0, 0.1) is 0 Å². The second-order valence-corrected chi connectivity index (χ2v) is 8.79. The lowest BCUT2D eigenvalue weighted by Gasteiger charge is -2.50. The number of likely N-dealkylation sites (N-methyl/N-ethyl adjacent to an activating group) is 1. The van der Waals surface area contributed by atoms with Crippen molar-refractivity contribution in [3.05, 3.63) is 34.9 Å². The van der Waals surface area contributed by atoms with Crippen molar-refractivity contribution in [1.29, 1.82) is 0 Å². The van der Waals surface area contributed by atoms with E-state index in [-0.39, 0.29) is 0 Å². The lowest BCUT2D eigenvalue weighted by molar-refractivity contribution is 0.00335. The number of hydrogen-bond donors (Lipinski definition) is 2. The Labute approximate surface area is 178 Å². The lowest BCUT2D eigenvalue weighted by Crippen LogP contribution is -2.62. The molecule has 8 heteroatoms. The van der Waals surface area contributed by atoms with Crippen LogP contribution in [0.3, 0.4) is 0 Å². The highest BCUT2D eigenvalue weighted by atomic mass is 35.5. The van der Waals surface area contributed by atoms with Crippen LogP contribution in [-0.4, -0.2) is 75.8 Å². The number of benzene rings is 1. The Hall–Kier alpha value is -1.83. The number of aromatic nitrogens is 3. The summed E-state index contributed by atoms with van der Waals surface area (Å²) in [7, 11) is 0. The number of anilines is 2. The van der Waals surface area contributed by atoms with E-state index in [0.717, 1.165) is 63.0 Å². The third-order valence-corrected chi connectivity index (χ3v) is 6.76. The molecule has 2 aliphatic rings. The number of nitrogens with zero attached hydrogens (tertiary/aromatic N) is 5. The molecule has 7 nitrogen and oxygen atoms in total. The van der Waals surface area contributed by atoms with Crippen LogP contribution in [-0.2, 0) is 6.42 Å². The first-order valence-corrected chi connectivity index (χ1v) is 11.1. The number of aromatic amines is 1. The van der Waals surface area contributed by atoms with Gasteiger partial charge in [0.15, 0.2) is 0 Å². The molecule has 0 bridgehead atoms. The van der Waals surface area contributed by atoms with Crippen LogP contribution in [0.4, 0.5) is 11.9 Å². The Kier molecular flexibility index (Phi) is 6.27. The molecule has 0 spiro atoms. The van der Waals surface area contributed by atoms with Crippen LogP contribution in [0.25, 0.3) is 0 Å². The molecule has 4 rings (SSSR count). The van der Waals surface area contributed by atoms with Gasteiger partial charge in [-0.25, -0.2) is 5.10 Å². The van der Waals surface area contributed by atoms with Crippen molar-refractivity contribution in [2.75, 3.05) is 43.4 Å². The number of halogens is 1. The van der Waals surface area contributed by atoms with Gasteiger partial charge >= 0.3 is 0 Å². The van der Waals surface area contributed by atoms with Crippen molar-refractivity contribution < 1.29 is 0 Å². The van der Waals surface area contributed by atoms with Crippen molar-refractivity contribution in [3.63, 3.8) is 0 Å². The third kappa shape index (κ3) is 4.68. The number of piperidine rings is 1. The first-order chi connectivity index (χ1) is 14.0. The molecule has 2 saturated heterocycles. The monoisotopic (exact) mass is 417 g/mol. The number of H-pyrrole nitrogens is 1. The maximum absolute atomic E-state index is 6.09. The summed E-state index contributed by atoms with van der Waals surface area (Å²) in [5, 5.41) is 7.77. The molecule has 1 aromatic heterocycles. The van der Waals surface area contributed by atoms with Crippen molar-refractivity contribution in [2.45, 2.75) is 51.2 Å². The van der Waals surface area contributed by atoms with Crippen LogP contribution in [0.15, 0.2) is 24.3 Å². The molecule has 2 fully saturated rings. The average molecular weight is 418 g/mol. The van der Waals surface area contributed by atoms with Gasteiger partial charge in [-0.15, -0.1) is 5.10 Å². The first-order valence-electron chi connectivity index (χ1n) is 10.7. The molecule has 2 aromatic rings. The molecule has 0 amide bonds. The number of rotatable bonds is 5. The fourth-order valence-electron chi connectivity index (χ4n) is 4.89. The van der Waals surface area contributed by atoms with Gasteiger partial charge in [-0.3, -0.25) is 9.80 Å². The Morgan fingerprint density at radius 3 is 2.52 bits per heavy atom. The van der Waals surface area contributed by atoms with Crippen molar-refractivity contribution in [3.8, 4) is 0 Å². The van der Waals surface area contributed by atoms with E-state index in [4.69, 9.17) is 17.3 Å². The normalized spacial score (nSPS) is 24.9. The molecule has 1 aromatic carbocycles. The summed E-state index contributed by atoms with van der Waals surface area (Å²) in [6, 6.07) is 10.1. The maximum atomic E-state index is 6.09. The van der Waals surface area contributed by atoms with Gasteiger partial charge in [-0.1, -0.05) is 30.7 Å².